The van der Waals surface area contributed by atoms with E-state index in [-0.39, 0.29) is 5.78 Å². The Labute approximate surface area is 110 Å². The highest BCUT2D eigenvalue weighted by Crippen LogP contribution is 2.15. The molecule has 0 N–H and O–H groups in total. The fourth-order valence-electron chi connectivity index (χ4n) is 2.15. The summed E-state index contributed by atoms with van der Waals surface area (Å²) in [5, 5.41) is 0. The van der Waals surface area contributed by atoms with Crippen molar-refractivity contribution in [2.24, 2.45) is 0 Å². The molecular formula is C16H11NO2. The van der Waals surface area contributed by atoms with Gasteiger partial charge in [-0.3, -0.25) is 9.59 Å². The zero-order valence-corrected chi connectivity index (χ0v) is 10.1. The van der Waals surface area contributed by atoms with Crippen molar-refractivity contribution >= 4 is 17.6 Å². The third-order valence-electron chi connectivity index (χ3n) is 3.06. The van der Waals surface area contributed by atoms with E-state index in [2.05, 4.69) is 0 Å². The van der Waals surface area contributed by atoms with Crippen LogP contribution in [0.5, 0.6) is 0 Å². The van der Waals surface area contributed by atoms with Crippen LogP contribution in [-0.2, 0) is 0 Å². The van der Waals surface area contributed by atoms with Gasteiger partial charge in [-0.2, -0.15) is 0 Å². The molecule has 3 nitrogen and oxygen atoms in total. The van der Waals surface area contributed by atoms with Gasteiger partial charge in [0.05, 0.1) is 5.69 Å². The van der Waals surface area contributed by atoms with Crippen molar-refractivity contribution in [2.45, 2.75) is 0 Å². The van der Waals surface area contributed by atoms with Crippen LogP contribution in [-0.4, -0.2) is 16.5 Å². The molecule has 19 heavy (non-hydrogen) atoms. The topological polar surface area (TPSA) is 38.5 Å². The third kappa shape index (κ3) is 1.95. The molecular weight excluding hydrogens is 238 g/mol. The molecule has 0 aliphatic rings. The van der Waals surface area contributed by atoms with Crippen molar-refractivity contribution in [3.63, 3.8) is 0 Å². The SMILES string of the molecule is O=Cc1cc(C(=O)c2ccccc2)n2cccc2c1. The first kappa shape index (κ1) is 11.4. The van der Waals surface area contributed by atoms with E-state index in [1.54, 1.807) is 28.7 Å². The van der Waals surface area contributed by atoms with Crippen LogP contribution >= 0.6 is 0 Å². The summed E-state index contributed by atoms with van der Waals surface area (Å²) in [6.07, 6.45) is 2.58. The van der Waals surface area contributed by atoms with Crippen LogP contribution in [0.3, 0.4) is 0 Å². The Balaban J connectivity index is 2.21. The maximum absolute atomic E-state index is 12.5. The summed E-state index contributed by atoms with van der Waals surface area (Å²) in [6, 6.07) is 16.2. The first-order valence-corrected chi connectivity index (χ1v) is 5.95. The molecule has 0 aliphatic carbocycles. The summed E-state index contributed by atoms with van der Waals surface area (Å²) in [6.45, 7) is 0. The zero-order valence-electron chi connectivity index (χ0n) is 10.1. The lowest BCUT2D eigenvalue weighted by molar-refractivity contribution is 0.103. The average molecular weight is 249 g/mol. The lowest BCUT2D eigenvalue weighted by atomic mass is 10.1. The molecule has 0 saturated heterocycles. The van der Waals surface area contributed by atoms with Gasteiger partial charge in [0, 0.05) is 22.8 Å². The van der Waals surface area contributed by atoms with Crippen molar-refractivity contribution in [1.82, 2.24) is 4.40 Å². The molecule has 3 rings (SSSR count). The number of fused-ring (bicyclic) bond motifs is 1. The number of pyridine rings is 1. The van der Waals surface area contributed by atoms with E-state index in [1.165, 1.54) is 0 Å². The van der Waals surface area contributed by atoms with E-state index >= 15 is 0 Å². The molecule has 92 valence electrons. The number of ketones is 1. The van der Waals surface area contributed by atoms with E-state index in [9.17, 15) is 9.59 Å². The molecule has 0 unspecified atom stereocenters. The number of aldehydes is 1. The fraction of sp³-hybridized carbons (Fsp3) is 0. The molecule has 0 bridgehead atoms. The number of carbonyl (C=O) groups excluding carboxylic acids is 2. The summed E-state index contributed by atoms with van der Waals surface area (Å²) < 4.78 is 1.79. The minimum Gasteiger partial charge on any atom is -0.314 e. The Morgan fingerprint density at radius 3 is 2.53 bits per heavy atom. The van der Waals surface area contributed by atoms with Gasteiger partial charge in [0.15, 0.2) is 0 Å². The van der Waals surface area contributed by atoms with Crippen LogP contribution < -0.4 is 0 Å². The van der Waals surface area contributed by atoms with E-state index in [1.807, 2.05) is 36.5 Å². The summed E-state index contributed by atoms with van der Waals surface area (Å²) in [7, 11) is 0. The van der Waals surface area contributed by atoms with Crippen molar-refractivity contribution in [2.75, 3.05) is 0 Å². The van der Waals surface area contributed by atoms with Gasteiger partial charge in [0.2, 0.25) is 5.78 Å². The van der Waals surface area contributed by atoms with E-state index in [0.717, 1.165) is 11.8 Å². The Hall–Kier alpha value is -2.68. The molecule has 0 aliphatic heterocycles. The van der Waals surface area contributed by atoms with Crippen molar-refractivity contribution in [1.29, 1.82) is 0 Å². The third-order valence-corrected chi connectivity index (χ3v) is 3.06. The first-order valence-electron chi connectivity index (χ1n) is 5.95. The predicted molar refractivity (Wildman–Crippen MR) is 72.7 cm³/mol. The van der Waals surface area contributed by atoms with Crippen LogP contribution in [0, 0.1) is 0 Å². The zero-order chi connectivity index (χ0) is 13.2. The Bertz CT molecular complexity index is 757. The van der Waals surface area contributed by atoms with Crippen LogP contribution in [0.25, 0.3) is 5.52 Å². The van der Waals surface area contributed by atoms with Gasteiger partial charge in [0.1, 0.15) is 6.29 Å². The molecule has 1 aromatic carbocycles. The summed E-state index contributed by atoms with van der Waals surface area (Å²) in [5.41, 5.74) is 2.45. The minimum absolute atomic E-state index is 0.0921. The normalized spacial score (nSPS) is 10.5. The molecule has 0 amide bonds. The standard InChI is InChI=1S/C16H11NO2/c18-11-12-9-14-7-4-8-17(14)15(10-12)16(19)13-5-2-1-3-6-13/h1-11H. The molecule has 0 spiro atoms. The van der Waals surface area contributed by atoms with Crippen LogP contribution in [0.4, 0.5) is 0 Å². The molecule has 3 heteroatoms. The quantitative estimate of drug-likeness (QED) is 0.528. The number of carbonyl (C=O) groups is 2. The highest BCUT2D eigenvalue weighted by Gasteiger charge is 2.13. The molecule has 0 fully saturated rings. The number of hydrogen-bond donors (Lipinski definition) is 0. The number of hydrogen-bond acceptors (Lipinski definition) is 2. The molecule has 3 aromatic rings. The highest BCUT2D eigenvalue weighted by atomic mass is 16.1. The Morgan fingerprint density at radius 2 is 1.79 bits per heavy atom. The molecule has 2 heterocycles. The van der Waals surface area contributed by atoms with Crippen LogP contribution in [0.1, 0.15) is 26.4 Å². The Morgan fingerprint density at radius 1 is 1.00 bits per heavy atom. The van der Waals surface area contributed by atoms with Crippen LogP contribution in [0.2, 0.25) is 0 Å². The first-order chi connectivity index (χ1) is 9.29. The van der Waals surface area contributed by atoms with Gasteiger partial charge in [-0.05, 0) is 24.3 Å². The maximum Gasteiger partial charge on any atom is 0.209 e. The number of benzene rings is 1. The van der Waals surface area contributed by atoms with Gasteiger partial charge >= 0.3 is 0 Å². The maximum atomic E-state index is 12.5. The lowest BCUT2D eigenvalue weighted by Crippen LogP contribution is -2.08. The minimum atomic E-state index is -0.0921. The van der Waals surface area contributed by atoms with Gasteiger partial charge in [-0.25, -0.2) is 0 Å². The highest BCUT2D eigenvalue weighted by molar-refractivity contribution is 6.09. The molecule has 0 atom stereocenters. The van der Waals surface area contributed by atoms with Crippen molar-refractivity contribution < 1.29 is 9.59 Å². The predicted octanol–water partition coefficient (Wildman–Crippen LogP) is 2.98. The monoisotopic (exact) mass is 249 g/mol. The second-order valence-corrected chi connectivity index (χ2v) is 4.29. The lowest BCUT2D eigenvalue weighted by Gasteiger charge is -2.06. The van der Waals surface area contributed by atoms with Crippen molar-refractivity contribution in [3.8, 4) is 0 Å². The second kappa shape index (κ2) is 4.53. The van der Waals surface area contributed by atoms with Gasteiger partial charge in [-0.15, -0.1) is 0 Å². The smallest absolute Gasteiger partial charge is 0.209 e. The molecule has 0 radical (unpaired) electrons. The van der Waals surface area contributed by atoms with E-state index in [0.29, 0.717) is 16.8 Å². The summed E-state index contributed by atoms with van der Waals surface area (Å²) >= 11 is 0. The number of rotatable bonds is 3. The van der Waals surface area contributed by atoms with E-state index in [4.69, 9.17) is 0 Å². The van der Waals surface area contributed by atoms with Gasteiger partial charge in [0.25, 0.3) is 0 Å². The largest absolute Gasteiger partial charge is 0.314 e. The summed E-state index contributed by atoms with van der Waals surface area (Å²) in [4.78, 5) is 23.5. The second-order valence-electron chi connectivity index (χ2n) is 4.29. The fourth-order valence-corrected chi connectivity index (χ4v) is 2.15. The van der Waals surface area contributed by atoms with Crippen LogP contribution in [0.15, 0.2) is 60.8 Å². The van der Waals surface area contributed by atoms with Crippen molar-refractivity contribution in [3.05, 3.63) is 77.6 Å². The molecule has 0 saturated carbocycles. The average Bonchev–Trinajstić information content (AvgIpc) is 2.94. The number of nitrogens with zero attached hydrogens (tertiary/aromatic N) is 1. The van der Waals surface area contributed by atoms with Gasteiger partial charge < -0.3 is 4.40 Å². The summed E-state index contributed by atoms with van der Waals surface area (Å²) in [5.74, 6) is -0.0921. The number of aromatic nitrogens is 1. The Kier molecular flexibility index (Phi) is 2.72. The molecule has 2 aromatic heterocycles. The van der Waals surface area contributed by atoms with E-state index < -0.39 is 0 Å². The van der Waals surface area contributed by atoms with Gasteiger partial charge in [-0.1, -0.05) is 30.3 Å².